The number of hydrogen-bond donors (Lipinski definition) is 0. The summed E-state index contributed by atoms with van der Waals surface area (Å²) in [7, 11) is 3.20. The van der Waals surface area contributed by atoms with Gasteiger partial charge in [-0.1, -0.05) is 51.4 Å². The molecule has 2 aromatic rings. The molecule has 0 heterocycles. The van der Waals surface area contributed by atoms with Crippen LogP contribution in [0.4, 0.5) is 0 Å². The fourth-order valence-corrected chi connectivity index (χ4v) is 2.19. The van der Waals surface area contributed by atoms with E-state index in [4.69, 9.17) is 14.3 Å². The zero-order valence-corrected chi connectivity index (χ0v) is 13.5. The van der Waals surface area contributed by atoms with Crippen molar-refractivity contribution in [2.75, 3.05) is 14.2 Å². The average molecular weight is 350 g/mol. The summed E-state index contributed by atoms with van der Waals surface area (Å²) in [6.45, 7) is 0.338. The summed E-state index contributed by atoms with van der Waals surface area (Å²) in [5.41, 5.74) is 1.92. The Kier molecular flexibility index (Phi) is 5.63. The van der Waals surface area contributed by atoms with E-state index in [9.17, 15) is 0 Å². The largest absolute Gasteiger partial charge is 0.493 e. The predicted molar refractivity (Wildman–Crippen MR) is 86.1 cm³/mol. The number of hydrogen-bond acceptors (Lipinski definition) is 4. The van der Waals surface area contributed by atoms with Crippen LogP contribution in [0.15, 0.2) is 52.1 Å². The van der Waals surface area contributed by atoms with Gasteiger partial charge in [-0.25, -0.2) is 0 Å². The van der Waals surface area contributed by atoms with Crippen LogP contribution in [0.5, 0.6) is 11.5 Å². The molecule has 0 bridgehead atoms. The van der Waals surface area contributed by atoms with Crippen molar-refractivity contribution in [2.45, 2.75) is 6.61 Å². The third-order valence-corrected chi connectivity index (χ3v) is 3.59. The maximum absolute atomic E-state index is 5.32. The van der Waals surface area contributed by atoms with Gasteiger partial charge in [0.1, 0.15) is 6.61 Å². The summed E-state index contributed by atoms with van der Waals surface area (Å²) in [6, 6.07) is 13.5. The van der Waals surface area contributed by atoms with Crippen molar-refractivity contribution >= 4 is 22.1 Å². The van der Waals surface area contributed by atoms with Crippen molar-refractivity contribution in [2.24, 2.45) is 5.16 Å². The smallest absolute Gasteiger partial charge is 0.161 e. The molecule has 2 aromatic carbocycles. The summed E-state index contributed by atoms with van der Waals surface area (Å²) >= 11 is 3.48. The Hall–Kier alpha value is -2.01. The van der Waals surface area contributed by atoms with E-state index in [0.29, 0.717) is 18.1 Å². The van der Waals surface area contributed by atoms with E-state index < -0.39 is 0 Å². The van der Waals surface area contributed by atoms with Crippen LogP contribution >= 0.6 is 15.9 Å². The van der Waals surface area contributed by atoms with Crippen molar-refractivity contribution in [1.82, 2.24) is 0 Å². The quantitative estimate of drug-likeness (QED) is 0.584. The lowest BCUT2D eigenvalue weighted by molar-refractivity contribution is 0.131. The summed E-state index contributed by atoms with van der Waals surface area (Å²) in [5, 5.41) is 3.96. The molecule has 0 atom stereocenters. The highest BCUT2D eigenvalue weighted by Crippen LogP contribution is 2.33. The molecule has 2 rings (SSSR count). The SMILES string of the molecule is COc1cc(Br)c(CO/N=C\c2ccccc2)cc1OC. The number of oxime groups is 1. The molecule has 0 unspecified atom stereocenters. The number of benzene rings is 2. The van der Waals surface area contributed by atoms with Crippen LogP contribution in [0.2, 0.25) is 0 Å². The van der Waals surface area contributed by atoms with Crippen LogP contribution in [0, 0.1) is 0 Å². The van der Waals surface area contributed by atoms with Crippen molar-refractivity contribution in [3.63, 3.8) is 0 Å². The van der Waals surface area contributed by atoms with E-state index in [1.54, 1.807) is 20.4 Å². The Labute approximate surface area is 132 Å². The van der Waals surface area contributed by atoms with Gasteiger partial charge in [0.15, 0.2) is 11.5 Å². The minimum absolute atomic E-state index is 0.338. The molecule has 110 valence electrons. The number of rotatable bonds is 6. The van der Waals surface area contributed by atoms with Crippen molar-refractivity contribution in [3.8, 4) is 11.5 Å². The summed E-state index contributed by atoms with van der Waals surface area (Å²) < 4.78 is 11.4. The van der Waals surface area contributed by atoms with Gasteiger partial charge in [0.2, 0.25) is 0 Å². The number of ether oxygens (including phenoxy) is 2. The van der Waals surface area contributed by atoms with Gasteiger partial charge in [-0.15, -0.1) is 0 Å². The molecular weight excluding hydrogens is 334 g/mol. The lowest BCUT2D eigenvalue weighted by Crippen LogP contribution is -1.95. The maximum Gasteiger partial charge on any atom is 0.161 e. The summed E-state index contributed by atoms with van der Waals surface area (Å²) in [6.07, 6.45) is 1.68. The average Bonchev–Trinajstić information content (AvgIpc) is 2.53. The Morgan fingerprint density at radius 1 is 1.05 bits per heavy atom. The summed E-state index contributed by atoms with van der Waals surface area (Å²) in [5.74, 6) is 1.33. The molecule has 0 aliphatic carbocycles. The molecule has 21 heavy (non-hydrogen) atoms. The van der Waals surface area contributed by atoms with Gasteiger partial charge >= 0.3 is 0 Å². The van der Waals surface area contributed by atoms with E-state index in [-0.39, 0.29) is 0 Å². The Balaban J connectivity index is 2.01. The second-order valence-corrected chi connectivity index (χ2v) is 5.07. The van der Waals surface area contributed by atoms with Gasteiger partial charge in [-0.3, -0.25) is 0 Å². The molecule has 0 radical (unpaired) electrons. The minimum atomic E-state index is 0.338. The van der Waals surface area contributed by atoms with Crippen LogP contribution in [0.1, 0.15) is 11.1 Å². The third kappa shape index (κ3) is 4.23. The monoisotopic (exact) mass is 349 g/mol. The highest BCUT2D eigenvalue weighted by molar-refractivity contribution is 9.10. The van der Waals surface area contributed by atoms with E-state index in [2.05, 4.69) is 21.1 Å². The van der Waals surface area contributed by atoms with E-state index in [0.717, 1.165) is 15.6 Å². The van der Waals surface area contributed by atoms with Crippen molar-refractivity contribution in [1.29, 1.82) is 0 Å². The molecule has 0 amide bonds. The van der Waals surface area contributed by atoms with E-state index in [1.165, 1.54) is 0 Å². The van der Waals surface area contributed by atoms with Crippen molar-refractivity contribution < 1.29 is 14.3 Å². The molecule has 0 saturated heterocycles. The van der Waals surface area contributed by atoms with Gasteiger partial charge in [0.05, 0.1) is 20.4 Å². The van der Waals surface area contributed by atoms with Gasteiger partial charge in [-0.05, 0) is 17.7 Å². The fourth-order valence-electron chi connectivity index (χ4n) is 1.75. The normalized spacial score (nSPS) is 10.6. The first-order chi connectivity index (χ1) is 10.2. The first-order valence-corrected chi connectivity index (χ1v) is 7.14. The molecule has 0 aromatic heterocycles. The standard InChI is InChI=1S/C16H16BrNO3/c1-19-15-8-13(14(17)9-16(15)20-2)11-21-18-10-12-6-4-3-5-7-12/h3-10H,11H2,1-2H3/b18-10-. The van der Waals surface area contributed by atoms with Crippen LogP contribution in [0.3, 0.4) is 0 Å². The van der Waals surface area contributed by atoms with Crippen LogP contribution in [-0.2, 0) is 11.4 Å². The maximum atomic E-state index is 5.32. The predicted octanol–water partition coefficient (Wildman–Crippen LogP) is 4.02. The first kappa shape index (κ1) is 15.4. The first-order valence-electron chi connectivity index (χ1n) is 6.35. The third-order valence-electron chi connectivity index (χ3n) is 2.85. The lowest BCUT2D eigenvalue weighted by Gasteiger charge is -2.11. The topological polar surface area (TPSA) is 40.0 Å². The molecule has 0 aliphatic rings. The Bertz CT molecular complexity index is 614. The van der Waals surface area contributed by atoms with Crippen LogP contribution < -0.4 is 9.47 Å². The van der Waals surface area contributed by atoms with Gasteiger partial charge in [0.25, 0.3) is 0 Å². The van der Waals surface area contributed by atoms with Crippen molar-refractivity contribution in [3.05, 3.63) is 58.1 Å². The van der Waals surface area contributed by atoms with Gasteiger partial charge < -0.3 is 14.3 Å². The van der Waals surface area contributed by atoms with Gasteiger partial charge in [-0.2, -0.15) is 0 Å². The molecule has 0 saturated carbocycles. The second-order valence-electron chi connectivity index (χ2n) is 4.22. The van der Waals surface area contributed by atoms with E-state index in [1.807, 2.05) is 42.5 Å². The summed E-state index contributed by atoms with van der Waals surface area (Å²) in [4.78, 5) is 5.32. The molecule has 5 heteroatoms. The molecular formula is C16H16BrNO3. The number of nitrogens with zero attached hydrogens (tertiary/aromatic N) is 1. The van der Waals surface area contributed by atoms with Crippen LogP contribution in [-0.4, -0.2) is 20.4 Å². The zero-order chi connectivity index (χ0) is 15.1. The Morgan fingerprint density at radius 3 is 2.38 bits per heavy atom. The molecule has 0 aliphatic heterocycles. The van der Waals surface area contributed by atoms with E-state index >= 15 is 0 Å². The molecule has 0 spiro atoms. The van der Waals surface area contributed by atoms with Crippen LogP contribution in [0.25, 0.3) is 0 Å². The minimum Gasteiger partial charge on any atom is -0.493 e. The second kappa shape index (κ2) is 7.69. The zero-order valence-electron chi connectivity index (χ0n) is 11.9. The fraction of sp³-hybridized carbons (Fsp3) is 0.188. The number of halogens is 1. The molecule has 0 N–H and O–H groups in total. The molecule has 0 fully saturated rings. The highest BCUT2D eigenvalue weighted by atomic mass is 79.9. The molecule has 4 nitrogen and oxygen atoms in total. The highest BCUT2D eigenvalue weighted by Gasteiger charge is 2.09. The Morgan fingerprint density at radius 2 is 1.71 bits per heavy atom. The number of methoxy groups -OCH3 is 2. The van der Waals surface area contributed by atoms with Gasteiger partial charge in [0, 0.05) is 10.0 Å². The lowest BCUT2D eigenvalue weighted by atomic mass is 10.2.